The van der Waals surface area contributed by atoms with Gasteiger partial charge in [0, 0.05) is 12.1 Å². The van der Waals surface area contributed by atoms with Crippen LogP contribution in [-0.4, -0.2) is 38.0 Å². The molecule has 4 atom stereocenters. The molecule has 0 aromatic rings. The van der Waals surface area contributed by atoms with E-state index in [4.69, 9.17) is 0 Å². The second-order valence-electron chi connectivity index (χ2n) is 7.88. The number of urea groups is 1. The Kier molecular flexibility index (Phi) is 3.32. The number of nitrogens with one attached hydrogen (secondary N) is 2. The van der Waals surface area contributed by atoms with Crippen LogP contribution in [-0.2, 0) is 9.84 Å². The maximum absolute atomic E-state index is 12.2. The van der Waals surface area contributed by atoms with Crippen LogP contribution in [0.1, 0.15) is 46.5 Å². The number of hydrogen-bond acceptors (Lipinski definition) is 3. The molecule has 3 rings (SSSR count). The summed E-state index contributed by atoms with van der Waals surface area (Å²) in [5.41, 5.74) is 0.415. The lowest BCUT2D eigenvalue weighted by Gasteiger charge is -2.39. The molecule has 0 unspecified atom stereocenters. The number of carbonyl (C=O) groups excluding carboxylic acids is 1. The van der Waals surface area contributed by atoms with Crippen molar-refractivity contribution in [2.75, 3.05) is 11.5 Å². The van der Waals surface area contributed by atoms with Crippen molar-refractivity contribution in [1.82, 2.24) is 10.6 Å². The van der Waals surface area contributed by atoms with Crippen molar-refractivity contribution in [1.29, 1.82) is 0 Å². The summed E-state index contributed by atoms with van der Waals surface area (Å²) in [6.45, 7) is 6.91. The monoisotopic (exact) mass is 314 g/mol. The van der Waals surface area contributed by atoms with Gasteiger partial charge in [0.05, 0.1) is 11.5 Å². The van der Waals surface area contributed by atoms with Gasteiger partial charge in [-0.3, -0.25) is 0 Å². The van der Waals surface area contributed by atoms with Gasteiger partial charge in [0.2, 0.25) is 0 Å². The third-order valence-corrected chi connectivity index (χ3v) is 8.43. The zero-order valence-electron chi connectivity index (χ0n) is 13.1. The van der Waals surface area contributed by atoms with Crippen LogP contribution in [0.4, 0.5) is 4.79 Å². The number of sulfone groups is 1. The molecule has 21 heavy (non-hydrogen) atoms. The van der Waals surface area contributed by atoms with Crippen LogP contribution in [0.5, 0.6) is 0 Å². The van der Waals surface area contributed by atoms with Crippen LogP contribution in [0, 0.1) is 16.7 Å². The molecule has 3 aliphatic rings. The van der Waals surface area contributed by atoms with E-state index >= 15 is 0 Å². The summed E-state index contributed by atoms with van der Waals surface area (Å²) in [4.78, 5) is 12.2. The van der Waals surface area contributed by atoms with Crippen molar-refractivity contribution in [3.63, 3.8) is 0 Å². The SMILES string of the molecule is CC1(C)[C@H]2CC[C@@]1(C)[C@@H](NC(=O)N[C@@H]1CCS(=O)(=O)C1)C2. The van der Waals surface area contributed by atoms with Gasteiger partial charge in [0.25, 0.3) is 0 Å². The van der Waals surface area contributed by atoms with Gasteiger partial charge < -0.3 is 10.6 Å². The van der Waals surface area contributed by atoms with Gasteiger partial charge in [-0.15, -0.1) is 0 Å². The fraction of sp³-hybridized carbons (Fsp3) is 0.933. The number of carbonyl (C=O) groups is 1. The summed E-state index contributed by atoms with van der Waals surface area (Å²) in [5, 5.41) is 5.95. The van der Waals surface area contributed by atoms with Crippen LogP contribution >= 0.6 is 0 Å². The standard InChI is InChI=1S/C15H26N2O3S/c1-14(2)10-4-6-15(14,3)12(8-10)17-13(18)16-11-5-7-21(19,20)9-11/h10-12H,4-9H2,1-3H3,(H2,16,17,18)/t10-,11+,12-,15-/m0/s1. The molecule has 1 saturated heterocycles. The zero-order chi connectivity index (χ0) is 15.5. The largest absolute Gasteiger partial charge is 0.335 e. The first kappa shape index (κ1) is 15.1. The number of fused-ring (bicyclic) bond motifs is 2. The Morgan fingerprint density at radius 3 is 2.33 bits per heavy atom. The minimum absolute atomic E-state index is 0.0798. The summed E-state index contributed by atoms with van der Waals surface area (Å²) in [6, 6.07) is -0.231. The van der Waals surface area contributed by atoms with E-state index in [0.717, 1.165) is 12.8 Å². The van der Waals surface area contributed by atoms with Crippen LogP contribution in [0.2, 0.25) is 0 Å². The first-order valence-electron chi connectivity index (χ1n) is 7.91. The van der Waals surface area contributed by atoms with E-state index in [1.54, 1.807) is 0 Å². The summed E-state index contributed by atoms with van der Waals surface area (Å²) in [6.07, 6.45) is 3.99. The predicted octanol–water partition coefficient (Wildman–Crippen LogP) is 1.69. The topological polar surface area (TPSA) is 75.3 Å². The zero-order valence-corrected chi connectivity index (χ0v) is 13.9. The minimum Gasteiger partial charge on any atom is -0.335 e. The summed E-state index contributed by atoms with van der Waals surface area (Å²) < 4.78 is 22.9. The Morgan fingerprint density at radius 2 is 1.86 bits per heavy atom. The Hall–Kier alpha value is -0.780. The molecule has 120 valence electrons. The van der Waals surface area contributed by atoms with Gasteiger partial charge >= 0.3 is 6.03 Å². The molecule has 0 spiro atoms. The van der Waals surface area contributed by atoms with Crippen molar-refractivity contribution in [2.45, 2.75) is 58.5 Å². The van der Waals surface area contributed by atoms with E-state index in [-0.39, 0.29) is 40.5 Å². The molecular formula is C15H26N2O3S. The number of amides is 2. The molecule has 0 aromatic carbocycles. The lowest BCUT2D eigenvalue weighted by atomic mass is 9.69. The van der Waals surface area contributed by atoms with E-state index in [0.29, 0.717) is 12.3 Å². The maximum atomic E-state index is 12.2. The highest BCUT2D eigenvalue weighted by molar-refractivity contribution is 7.91. The van der Waals surface area contributed by atoms with Crippen molar-refractivity contribution in [3.8, 4) is 0 Å². The van der Waals surface area contributed by atoms with E-state index < -0.39 is 9.84 Å². The molecule has 2 bridgehead atoms. The maximum Gasteiger partial charge on any atom is 0.315 e. The fourth-order valence-electron chi connectivity index (χ4n) is 4.72. The Bertz CT molecular complexity index is 557. The highest BCUT2D eigenvalue weighted by Gasteiger charge is 2.61. The quantitative estimate of drug-likeness (QED) is 0.814. The first-order valence-corrected chi connectivity index (χ1v) is 9.74. The summed E-state index contributed by atoms with van der Waals surface area (Å²) >= 11 is 0. The Labute approximate surface area is 127 Å². The molecule has 1 aliphatic heterocycles. The minimum atomic E-state index is -2.95. The third-order valence-electron chi connectivity index (χ3n) is 6.67. The van der Waals surface area contributed by atoms with Gasteiger partial charge in [-0.2, -0.15) is 0 Å². The molecule has 2 saturated carbocycles. The molecule has 5 nitrogen and oxygen atoms in total. The van der Waals surface area contributed by atoms with Crippen molar-refractivity contribution in [2.24, 2.45) is 16.7 Å². The Morgan fingerprint density at radius 1 is 1.14 bits per heavy atom. The average Bonchev–Trinajstić information content (AvgIpc) is 2.86. The molecule has 1 heterocycles. The highest BCUT2D eigenvalue weighted by Crippen LogP contribution is 2.65. The molecule has 2 amide bonds. The molecular weight excluding hydrogens is 288 g/mol. The van der Waals surface area contributed by atoms with Crippen molar-refractivity contribution in [3.05, 3.63) is 0 Å². The fourth-order valence-corrected chi connectivity index (χ4v) is 6.39. The highest BCUT2D eigenvalue weighted by atomic mass is 32.2. The van der Waals surface area contributed by atoms with Gasteiger partial charge in [0.1, 0.15) is 0 Å². The van der Waals surface area contributed by atoms with Gasteiger partial charge in [-0.25, -0.2) is 13.2 Å². The van der Waals surface area contributed by atoms with Gasteiger partial charge in [-0.05, 0) is 42.4 Å². The normalized spacial score (nSPS) is 42.9. The molecule has 2 aliphatic carbocycles. The van der Waals surface area contributed by atoms with Crippen molar-refractivity contribution < 1.29 is 13.2 Å². The predicted molar refractivity (Wildman–Crippen MR) is 81.7 cm³/mol. The van der Waals surface area contributed by atoms with Crippen molar-refractivity contribution >= 4 is 15.9 Å². The van der Waals surface area contributed by atoms with E-state index in [2.05, 4.69) is 31.4 Å². The van der Waals surface area contributed by atoms with Crippen LogP contribution < -0.4 is 10.6 Å². The summed E-state index contributed by atoms with van der Waals surface area (Å²) in [5.74, 6) is 0.949. The first-order chi connectivity index (χ1) is 9.64. The lowest BCUT2D eigenvalue weighted by Crippen LogP contribution is -2.52. The van der Waals surface area contributed by atoms with Crippen LogP contribution in [0.15, 0.2) is 0 Å². The third kappa shape index (κ3) is 2.35. The second kappa shape index (κ2) is 4.61. The average molecular weight is 314 g/mol. The second-order valence-corrected chi connectivity index (χ2v) is 10.1. The molecule has 6 heteroatoms. The summed E-state index contributed by atoms with van der Waals surface area (Å²) in [7, 11) is -2.95. The van der Waals surface area contributed by atoms with E-state index in [1.807, 2.05) is 0 Å². The van der Waals surface area contributed by atoms with Gasteiger partial charge in [-0.1, -0.05) is 20.8 Å². The van der Waals surface area contributed by atoms with Crippen LogP contribution in [0.3, 0.4) is 0 Å². The lowest BCUT2D eigenvalue weighted by molar-refractivity contribution is 0.123. The van der Waals surface area contributed by atoms with E-state index in [9.17, 15) is 13.2 Å². The number of rotatable bonds is 2. The van der Waals surface area contributed by atoms with Crippen LogP contribution in [0.25, 0.3) is 0 Å². The van der Waals surface area contributed by atoms with Gasteiger partial charge in [0.15, 0.2) is 9.84 Å². The molecule has 2 N–H and O–H groups in total. The van der Waals surface area contributed by atoms with E-state index in [1.165, 1.54) is 6.42 Å². The molecule has 3 fully saturated rings. The number of hydrogen-bond donors (Lipinski definition) is 2. The molecule has 0 aromatic heterocycles. The Balaban J connectivity index is 1.60. The molecule has 0 radical (unpaired) electrons. The smallest absolute Gasteiger partial charge is 0.315 e.